The van der Waals surface area contributed by atoms with E-state index in [1.54, 1.807) is 24.3 Å². The van der Waals surface area contributed by atoms with Crippen LogP contribution in [-0.4, -0.2) is 38.7 Å². The zero-order chi connectivity index (χ0) is 26.9. The number of nitrogens with one attached hydrogen (secondary N) is 1. The zero-order valence-corrected chi connectivity index (χ0v) is 20.7. The molecule has 0 spiro atoms. The summed E-state index contributed by atoms with van der Waals surface area (Å²) in [6.07, 6.45) is 0. The number of aryl methyl sites for hydroxylation is 2. The van der Waals surface area contributed by atoms with Gasteiger partial charge in [0.25, 0.3) is 5.91 Å². The van der Waals surface area contributed by atoms with Crippen molar-refractivity contribution in [2.75, 3.05) is 47.9 Å². The van der Waals surface area contributed by atoms with Gasteiger partial charge in [-0.05, 0) is 55.3 Å². The Morgan fingerprint density at radius 1 is 0.838 bits per heavy atom. The normalized spacial score (nSPS) is 13.6. The summed E-state index contributed by atoms with van der Waals surface area (Å²) < 4.78 is 74.4. The van der Waals surface area contributed by atoms with Crippen molar-refractivity contribution in [1.29, 1.82) is 0 Å². The van der Waals surface area contributed by atoms with E-state index in [2.05, 4.69) is 5.32 Å². The molecule has 1 saturated heterocycles. The molecule has 0 aromatic heterocycles. The highest BCUT2D eigenvalue weighted by atomic mass is 35.5. The second-order valence-corrected chi connectivity index (χ2v) is 9.05. The average Bonchev–Trinajstić information content (AvgIpc) is 2.88. The summed E-state index contributed by atoms with van der Waals surface area (Å²) in [7, 11) is 0. The van der Waals surface area contributed by atoms with Gasteiger partial charge in [0, 0.05) is 31.9 Å². The van der Waals surface area contributed by atoms with Crippen LogP contribution < -0.4 is 19.9 Å². The van der Waals surface area contributed by atoms with Crippen molar-refractivity contribution in [1.82, 2.24) is 0 Å². The fourth-order valence-corrected chi connectivity index (χ4v) is 4.33. The largest absolute Gasteiger partial charge is 0.484 e. The van der Waals surface area contributed by atoms with Crippen molar-refractivity contribution < 1.29 is 31.5 Å². The molecule has 3 aromatic carbocycles. The molecule has 1 amide bonds. The molecule has 11 heteroatoms. The van der Waals surface area contributed by atoms with Gasteiger partial charge in [-0.25, -0.2) is 22.0 Å². The monoisotopic (exact) mass is 539 g/mol. The van der Waals surface area contributed by atoms with Crippen molar-refractivity contribution in [3.63, 3.8) is 0 Å². The van der Waals surface area contributed by atoms with Crippen LogP contribution in [0.25, 0.3) is 0 Å². The first-order valence-corrected chi connectivity index (χ1v) is 11.8. The lowest BCUT2D eigenvalue weighted by molar-refractivity contribution is -0.118. The Bertz CT molecular complexity index is 1320. The summed E-state index contributed by atoms with van der Waals surface area (Å²) in [5, 5.41) is 3.02. The highest BCUT2D eigenvalue weighted by Crippen LogP contribution is 2.33. The van der Waals surface area contributed by atoms with Crippen molar-refractivity contribution in [2.45, 2.75) is 13.8 Å². The number of rotatable bonds is 6. The molecule has 0 aliphatic carbocycles. The molecule has 196 valence electrons. The molecule has 0 saturated carbocycles. The second-order valence-electron chi connectivity index (χ2n) is 8.64. The first kappa shape index (κ1) is 26.5. The Morgan fingerprint density at radius 3 is 2.03 bits per heavy atom. The molecule has 5 nitrogen and oxygen atoms in total. The minimum absolute atomic E-state index is 0.00297. The molecule has 1 heterocycles. The van der Waals surface area contributed by atoms with Crippen LogP contribution in [0.5, 0.6) is 5.75 Å². The Labute approximate surface area is 215 Å². The lowest BCUT2D eigenvalue weighted by Gasteiger charge is -2.38. The van der Waals surface area contributed by atoms with Crippen LogP contribution >= 0.6 is 11.6 Å². The van der Waals surface area contributed by atoms with Crippen LogP contribution in [0.3, 0.4) is 0 Å². The zero-order valence-electron chi connectivity index (χ0n) is 20.0. The maximum absolute atomic E-state index is 14.2. The molecule has 1 N–H and O–H groups in total. The van der Waals surface area contributed by atoms with E-state index in [-0.39, 0.29) is 38.7 Å². The summed E-state index contributed by atoms with van der Waals surface area (Å²) in [6, 6.07) is 10.4. The van der Waals surface area contributed by atoms with Crippen molar-refractivity contribution in [2.24, 2.45) is 0 Å². The summed E-state index contributed by atoms with van der Waals surface area (Å²) >= 11 is 6.42. The number of piperazine rings is 1. The molecule has 3 aromatic rings. The fraction of sp³-hybridized carbons (Fsp3) is 0.269. The second kappa shape index (κ2) is 10.8. The van der Waals surface area contributed by atoms with E-state index in [1.165, 1.54) is 0 Å². The van der Waals surface area contributed by atoms with Crippen LogP contribution in [0.15, 0.2) is 36.4 Å². The number of carbonyl (C=O) groups excluding carboxylic acids is 1. The number of benzene rings is 3. The number of hydrogen-bond donors (Lipinski definition) is 1. The van der Waals surface area contributed by atoms with Gasteiger partial charge in [0.05, 0.1) is 10.7 Å². The molecule has 0 bridgehead atoms. The first-order chi connectivity index (χ1) is 17.6. The number of nitrogens with zero attached hydrogens (tertiary/aromatic N) is 2. The van der Waals surface area contributed by atoms with Gasteiger partial charge in [-0.1, -0.05) is 17.7 Å². The molecule has 1 fully saturated rings. The van der Waals surface area contributed by atoms with Gasteiger partial charge in [-0.15, -0.1) is 0 Å². The van der Waals surface area contributed by atoms with E-state index in [9.17, 15) is 26.7 Å². The highest BCUT2D eigenvalue weighted by molar-refractivity contribution is 6.33. The Kier molecular flexibility index (Phi) is 7.77. The third kappa shape index (κ3) is 5.58. The number of amides is 1. The van der Waals surface area contributed by atoms with Gasteiger partial charge >= 0.3 is 0 Å². The van der Waals surface area contributed by atoms with Gasteiger partial charge in [0.15, 0.2) is 29.9 Å². The van der Waals surface area contributed by atoms with Crippen LogP contribution in [0.4, 0.5) is 39.0 Å². The first-order valence-electron chi connectivity index (χ1n) is 11.4. The molecule has 0 radical (unpaired) electrons. The predicted molar refractivity (Wildman–Crippen MR) is 132 cm³/mol. The third-order valence-corrected chi connectivity index (χ3v) is 6.51. The van der Waals surface area contributed by atoms with Gasteiger partial charge in [0.2, 0.25) is 5.82 Å². The molecule has 0 atom stereocenters. The lowest BCUT2D eigenvalue weighted by Crippen LogP contribution is -2.47. The molecule has 1 aliphatic heterocycles. The van der Waals surface area contributed by atoms with Gasteiger partial charge in [0.1, 0.15) is 11.4 Å². The predicted octanol–water partition coefficient (Wildman–Crippen LogP) is 6.00. The van der Waals surface area contributed by atoms with E-state index in [1.807, 2.05) is 30.9 Å². The summed E-state index contributed by atoms with van der Waals surface area (Å²) in [5.74, 6) is -9.65. The molecule has 0 unspecified atom stereocenters. The topological polar surface area (TPSA) is 44.8 Å². The van der Waals surface area contributed by atoms with Crippen molar-refractivity contribution in [3.05, 3.63) is 81.6 Å². The van der Waals surface area contributed by atoms with Crippen LogP contribution in [-0.2, 0) is 4.79 Å². The number of ether oxygens (including phenoxy) is 1. The maximum Gasteiger partial charge on any atom is 0.262 e. The quantitative estimate of drug-likeness (QED) is 0.237. The summed E-state index contributed by atoms with van der Waals surface area (Å²) in [5.41, 5.74) is 2.27. The van der Waals surface area contributed by atoms with Crippen LogP contribution in [0.2, 0.25) is 5.02 Å². The van der Waals surface area contributed by atoms with Crippen molar-refractivity contribution in [3.8, 4) is 5.75 Å². The molecular formula is C26H23ClF5N3O2. The fourth-order valence-electron chi connectivity index (χ4n) is 4.03. The van der Waals surface area contributed by atoms with Gasteiger partial charge in [-0.3, -0.25) is 4.79 Å². The summed E-state index contributed by atoms with van der Waals surface area (Å²) in [6.45, 7) is 4.17. The SMILES string of the molecule is Cc1ccc(OCC(=O)Nc2ccc(N3CCN(c4c(F)c(F)c(F)c(F)c4F)CC3)c(Cl)c2)cc1C. The standard InChI is InChI=1S/C26H23ClF5N3O2/c1-14-3-5-17(11-15(14)2)37-13-20(36)33-16-4-6-19(18(27)12-16)34-7-9-35(10-8-34)26-24(31)22(29)21(28)23(30)25(26)32/h3-6,11-12H,7-10,13H2,1-2H3,(H,33,36). The Balaban J connectivity index is 1.37. The molecular weight excluding hydrogens is 517 g/mol. The van der Waals surface area contributed by atoms with E-state index in [4.69, 9.17) is 16.3 Å². The Hall–Kier alpha value is -3.53. The summed E-state index contributed by atoms with van der Waals surface area (Å²) in [4.78, 5) is 15.2. The van der Waals surface area contributed by atoms with Gasteiger partial charge in [-0.2, -0.15) is 0 Å². The molecule has 37 heavy (non-hydrogen) atoms. The van der Waals surface area contributed by atoms with Gasteiger partial charge < -0.3 is 19.9 Å². The molecule has 4 rings (SSSR count). The van der Waals surface area contributed by atoms with E-state index >= 15 is 0 Å². The number of carbonyl (C=O) groups is 1. The highest BCUT2D eigenvalue weighted by Gasteiger charge is 2.31. The average molecular weight is 540 g/mol. The minimum Gasteiger partial charge on any atom is -0.484 e. The van der Waals surface area contributed by atoms with E-state index < -0.39 is 34.8 Å². The molecule has 1 aliphatic rings. The number of halogens is 6. The lowest BCUT2D eigenvalue weighted by atomic mass is 10.1. The van der Waals surface area contributed by atoms with E-state index in [0.717, 1.165) is 16.0 Å². The van der Waals surface area contributed by atoms with Crippen LogP contribution in [0, 0.1) is 42.9 Å². The third-order valence-electron chi connectivity index (χ3n) is 6.20. The smallest absolute Gasteiger partial charge is 0.262 e. The number of anilines is 3. The Morgan fingerprint density at radius 2 is 1.43 bits per heavy atom. The minimum atomic E-state index is -2.19. The van der Waals surface area contributed by atoms with E-state index in [0.29, 0.717) is 22.1 Å². The van der Waals surface area contributed by atoms with Crippen LogP contribution in [0.1, 0.15) is 11.1 Å². The number of hydrogen-bond acceptors (Lipinski definition) is 4. The van der Waals surface area contributed by atoms with Crippen molar-refractivity contribution >= 4 is 34.6 Å². The maximum atomic E-state index is 14.2.